The van der Waals surface area contributed by atoms with Gasteiger partial charge in [-0.2, -0.15) is 13.2 Å². The first-order chi connectivity index (χ1) is 14.8. The summed E-state index contributed by atoms with van der Waals surface area (Å²) in [7, 11) is 1.84. The summed E-state index contributed by atoms with van der Waals surface area (Å²) in [4.78, 5) is 22.0. The van der Waals surface area contributed by atoms with Gasteiger partial charge in [0.05, 0.1) is 5.52 Å². The Hall–Kier alpha value is -3.16. The molecule has 0 bridgehead atoms. The first-order valence-electron chi connectivity index (χ1n) is 10.2. The van der Waals surface area contributed by atoms with E-state index in [2.05, 4.69) is 15.3 Å². The van der Waals surface area contributed by atoms with Crippen molar-refractivity contribution in [1.82, 2.24) is 15.3 Å². The Morgan fingerprint density at radius 1 is 1.06 bits per heavy atom. The number of nitrogens with one attached hydrogen (secondary N) is 1. The Morgan fingerprint density at radius 2 is 1.74 bits per heavy atom. The molecule has 0 unspecified atom stereocenters. The lowest BCUT2D eigenvalue weighted by atomic mass is 9.89. The molecule has 1 N–H and O–H groups in total. The number of hydrogen-bond acceptors (Lipinski definition) is 4. The highest BCUT2D eigenvalue weighted by Gasteiger charge is 2.34. The van der Waals surface area contributed by atoms with Crippen LogP contribution < -0.4 is 10.2 Å². The largest absolute Gasteiger partial charge is 0.433 e. The maximum atomic E-state index is 13.4. The Balaban J connectivity index is 1.48. The summed E-state index contributed by atoms with van der Waals surface area (Å²) in [5, 5.41) is 3.75. The highest BCUT2D eigenvalue weighted by atomic mass is 19.4. The summed E-state index contributed by atoms with van der Waals surface area (Å²) in [6, 6.07) is 11.5. The van der Waals surface area contributed by atoms with Crippen molar-refractivity contribution in [3.8, 4) is 0 Å². The predicted molar refractivity (Wildman–Crippen MR) is 113 cm³/mol. The van der Waals surface area contributed by atoms with Crippen molar-refractivity contribution >= 4 is 22.5 Å². The van der Waals surface area contributed by atoms with Gasteiger partial charge in [0.25, 0.3) is 5.91 Å². The van der Waals surface area contributed by atoms with E-state index in [0.29, 0.717) is 22.2 Å². The normalized spacial score (nSPS) is 19.2. The summed E-state index contributed by atoms with van der Waals surface area (Å²) in [5.41, 5.74) is 0.545. The average Bonchev–Trinajstić information content (AvgIpc) is 2.78. The maximum absolute atomic E-state index is 13.4. The predicted octanol–water partition coefficient (Wildman–Crippen LogP) is 4.83. The van der Waals surface area contributed by atoms with Gasteiger partial charge < -0.3 is 10.2 Å². The van der Waals surface area contributed by atoms with Gasteiger partial charge in [-0.1, -0.05) is 18.2 Å². The maximum Gasteiger partial charge on any atom is 0.433 e. The molecular formula is C23H23F3N4O. The van der Waals surface area contributed by atoms with Crippen LogP contribution in [0.15, 0.2) is 54.9 Å². The standard InChI is InChI=1S/C23H23F3N4O/c1-30(20-14-21(23(24,25)26)29-19-5-3-2-4-18(19)20)17-8-6-16(7-9-17)28-22(31)15-10-12-27-13-11-15/h2-5,10-14,16-17H,6-9H2,1H3,(H,28,31). The molecule has 0 spiro atoms. The van der Waals surface area contributed by atoms with Gasteiger partial charge in [-0.3, -0.25) is 9.78 Å². The van der Waals surface area contributed by atoms with Crippen LogP contribution in [0.3, 0.4) is 0 Å². The van der Waals surface area contributed by atoms with E-state index in [9.17, 15) is 18.0 Å². The molecule has 1 saturated carbocycles. The van der Waals surface area contributed by atoms with Crippen molar-refractivity contribution in [2.75, 3.05) is 11.9 Å². The van der Waals surface area contributed by atoms with Gasteiger partial charge in [0.1, 0.15) is 5.69 Å². The highest BCUT2D eigenvalue weighted by Crippen LogP contribution is 2.36. The zero-order valence-corrected chi connectivity index (χ0v) is 17.1. The zero-order chi connectivity index (χ0) is 22.0. The van der Waals surface area contributed by atoms with Gasteiger partial charge in [0.15, 0.2) is 0 Å². The molecule has 2 heterocycles. The van der Waals surface area contributed by atoms with Crippen LogP contribution in [0.1, 0.15) is 41.7 Å². The van der Waals surface area contributed by atoms with E-state index in [1.807, 2.05) is 11.9 Å². The molecule has 0 atom stereocenters. The van der Waals surface area contributed by atoms with Gasteiger partial charge >= 0.3 is 6.18 Å². The number of benzene rings is 1. The number of rotatable bonds is 4. The number of amides is 1. The molecule has 1 aliphatic rings. The molecule has 0 saturated heterocycles. The third-order valence-electron chi connectivity index (χ3n) is 5.89. The van der Waals surface area contributed by atoms with Gasteiger partial charge in [0, 0.05) is 48.2 Å². The number of carbonyl (C=O) groups excluding carboxylic acids is 1. The number of alkyl halides is 3. The van der Waals surface area contributed by atoms with Crippen LogP contribution in [-0.2, 0) is 6.18 Å². The Morgan fingerprint density at radius 3 is 2.42 bits per heavy atom. The number of anilines is 1. The fourth-order valence-electron chi connectivity index (χ4n) is 4.17. The number of carbonyl (C=O) groups is 1. The second-order valence-corrected chi connectivity index (χ2v) is 7.87. The summed E-state index contributed by atoms with van der Waals surface area (Å²) < 4.78 is 40.2. The van der Waals surface area contributed by atoms with Crippen LogP contribution in [0.4, 0.5) is 18.9 Å². The van der Waals surface area contributed by atoms with Crippen molar-refractivity contribution in [1.29, 1.82) is 0 Å². The lowest BCUT2D eigenvalue weighted by molar-refractivity contribution is -0.140. The van der Waals surface area contributed by atoms with Crippen LogP contribution in [0.25, 0.3) is 10.9 Å². The summed E-state index contributed by atoms with van der Waals surface area (Å²) in [5.74, 6) is -0.130. The Labute approximate surface area is 178 Å². The van der Waals surface area contributed by atoms with Crippen LogP contribution in [0, 0.1) is 0 Å². The molecule has 5 nitrogen and oxygen atoms in total. The van der Waals surface area contributed by atoms with Gasteiger partial charge in [0.2, 0.25) is 0 Å². The Bertz CT molecular complexity index is 1060. The monoisotopic (exact) mass is 428 g/mol. The molecule has 8 heteroatoms. The fraction of sp³-hybridized carbons (Fsp3) is 0.348. The first kappa shape index (κ1) is 21.1. The SMILES string of the molecule is CN(c1cc(C(F)(F)F)nc2ccccc12)C1CCC(NC(=O)c2ccncc2)CC1. The van der Waals surface area contributed by atoms with Gasteiger partial charge in [-0.05, 0) is 49.9 Å². The minimum absolute atomic E-state index is 0.0465. The van der Waals surface area contributed by atoms with E-state index in [0.717, 1.165) is 31.7 Å². The van der Waals surface area contributed by atoms with E-state index in [1.165, 1.54) is 0 Å². The van der Waals surface area contributed by atoms with Crippen molar-refractivity contribution in [3.05, 3.63) is 66.1 Å². The average molecular weight is 428 g/mol. The van der Waals surface area contributed by atoms with Crippen molar-refractivity contribution in [2.45, 2.75) is 43.9 Å². The van der Waals surface area contributed by atoms with E-state index in [-0.39, 0.29) is 18.0 Å². The molecule has 1 amide bonds. The number of halogens is 3. The molecule has 4 rings (SSSR count). The molecule has 3 aromatic rings. The third-order valence-corrected chi connectivity index (χ3v) is 5.89. The van der Waals surface area contributed by atoms with Crippen molar-refractivity contribution in [3.63, 3.8) is 0 Å². The first-order valence-corrected chi connectivity index (χ1v) is 10.2. The molecular weight excluding hydrogens is 405 g/mol. The van der Waals surface area contributed by atoms with E-state index in [4.69, 9.17) is 0 Å². The second-order valence-electron chi connectivity index (χ2n) is 7.87. The minimum Gasteiger partial charge on any atom is -0.371 e. The number of fused-ring (bicyclic) bond motifs is 1. The zero-order valence-electron chi connectivity index (χ0n) is 17.1. The molecule has 1 fully saturated rings. The quantitative estimate of drug-likeness (QED) is 0.647. The minimum atomic E-state index is -4.51. The van der Waals surface area contributed by atoms with Crippen LogP contribution in [0.5, 0.6) is 0 Å². The van der Waals surface area contributed by atoms with E-state index < -0.39 is 11.9 Å². The lowest BCUT2D eigenvalue weighted by Gasteiger charge is -2.37. The molecule has 31 heavy (non-hydrogen) atoms. The summed E-state index contributed by atoms with van der Waals surface area (Å²) >= 11 is 0. The highest BCUT2D eigenvalue weighted by molar-refractivity contribution is 5.94. The molecule has 1 aromatic carbocycles. The molecule has 2 aromatic heterocycles. The van der Waals surface area contributed by atoms with Crippen LogP contribution in [-0.4, -0.2) is 35.0 Å². The van der Waals surface area contributed by atoms with Crippen molar-refractivity contribution in [2.24, 2.45) is 0 Å². The number of para-hydroxylation sites is 1. The fourth-order valence-corrected chi connectivity index (χ4v) is 4.17. The van der Waals surface area contributed by atoms with Gasteiger partial charge in [-0.25, -0.2) is 4.98 Å². The number of aromatic nitrogens is 2. The summed E-state index contributed by atoms with van der Waals surface area (Å²) in [6.45, 7) is 0. The number of pyridine rings is 2. The molecule has 162 valence electrons. The van der Waals surface area contributed by atoms with E-state index in [1.54, 1.807) is 48.8 Å². The van der Waals surface area contributed by atoms with Crippen LogP contribution >= 0.6 is 0 Å². The summed E-state index contributed by atoms with van der Waals surface area (Å²) in [6.07, 6.45) is 1.73. The number of nitrogens with zero attached hydrogens (tertiary/aromatic N) is 3. The molecule has 0 radical (unpaired) electrons. The van der Waals surface area contributed by atoms with E-state index >= 15 is 0 Å². The second kappa shape index (κ2) is 8.53. The molecule has 1 aliphatic carbocycles. The van der Waals surface area contributed by atoms with Gasteiger partial charge in [-0.15, -0.1) is 0 Å². The topological polar surface area (TPSA) is 58.1 Å². The molecule has 0 aliphatic heterocycles. The number of hydrogen-bond donors (Lipinski definition) is 1. The van der Waals surface area contributed by atoms with Crippen LogP contribution in [0.2, 0.25) is 0 Å². The lowest BCUT2D eigenvalue weighted by Crippen LogP contribution is -2.43. The third kappa shape index (κ3) is 4.62. The van der Waals surface area contributed by atoms with Crippen molar-refractivity contribution < 1.29 is 18.0 Å². The Kier molecular flexibility index (Phi) is 5.80. The smallest absolute Gasteiger partial charge is 0.371 e.